The van der Waals surface area contributed by atoms with Crippen LogP contribution in [0.3, 0.4) is 0 Å². The van der Waals surface area contributed by atoms with Crippen molar-refractivity contribution in [2.75, 3.05) is 0 Å². The second kappa shape index (κ2) is 9.10. The molecule has 0 saturated carbocycles. The lowest BCUT2D eigenvalue weighted by molar-refractivity contribution is 0.127. The number of aromatic nitrogens is 1. The van der Waals surface area contributed by atoms with Crippen LogP contribution in [0.1, 0.15) is 43.5 Å². The summed E-state index contributed by atoms with van der Waals surface area (Å²) in [5.74, 6) is 0. The summed E-state index contributed by atoms with van der Waals surface area (Å²) in [4.78, 5) is 0. The van der Waals surface area contributed by atoms with E-state index >= 15 is 0 Å². The van der Waals surface area contributed by atoms with Gasteiger partial charge in [0.15, 0.2) is 0 Å². The van der Waals surface area contributed by atoms with Crippen LogP contribution in [0, 0.1) is 0 Å². The Morgan fingerprint density at radius 1 is 1.08 bits per heavy atom. The predicted octanol–water partition coefficient (Wildman–Crippen LogP) is 6.64. The first-order valence-corrected chi connectivity index (χ1v) is 9.38. The summed E-state index contributed by atoms with van der Waals surface area (Å²) < 4.78 is 8.50. The smallest absolute Gasteiger partial charge is 0.138 e. The van der Waals surface area contributed by atoms with Crippen LogP contribution in [0.4, 0.5) is 0 Å². The average Bonchev–Trinajstić information content (AvgIpc) is 3.04. The number of fused-ring (bicyclic) bond motifs is 1. The van der Waals surface area contributed by atoms with Crippen LogP contribution in [-0.2, 0) is 11.3 Å². The minimum absolute atomic E-state index is 0.0438. The fraction of sp³-hybridized carbons (Fsp3) is 0.250. The van der Waals surface area contributed by atoms with Gasteiger partial charge in [-0.3, -0.25) is 0 Å². The summed E-state index contributed by atoms with van der Waals surface area (Å²) in [6.45, 7) is 6.80. The number of rotatable bonds is 9. The van der Waals surface area contributed by atoms with Gasteiger partial charge in [0.2, 0.25) is 0 Å². The van der Waals surface area contributed by atoms with Crippen molar-refractivity contribution in [3.8, 4) is 0 Å². The lowest BCUT2D eigenvalue weighted by atomic mass is 10.1. The second-order valence-corrected chi connectivity index (χ2v) is 6.53. The van der Waals surface area contributed by atoms with Gasteiger partial charge in [-0.25, -0.2) is 0 Å². The van der Waals surface area contributed by atoms with Crippen LogP contribution < -0.4 is 0 Å². The maximum atomic E-state index is 6.11. The molecule has 1 unspecified atom stereocenters. The van der Waals surface area contributed by atoms with E-state index in [9.17, 15) is 0 Å². The molecule has 0 aliphatic carbocycles. The van der Waals surface area contributed by atoms with Crippen molar-refractivity contribution in [2.45, 2.75) is 38.8 Å². The van der Waals surface area contributed by atoms with Crippen LogP contribution in [0.15, 0.2) is 85.7 Å². The van der Waals surface area contributed by atoms with Crippen LogP contribution in [0.5, 0.6) is 0 Å². The average molecular weight is 345 g/mol. The Balaban J connectivity index is 2.02. The van der Waals surface area contributed by atoms with Gasteiger partial charge in [-0.15, -0.1) is 0 Å². The zero-order valence-corrected chi connectivity index (χ0v) is 15.5. The van der Waals surface area contributed by atoms with E-state index in [1.165, 1.54) is 22.2 Å². The fourth-order valence-electron chi connectivity index (χ4n) is 3.31. The Morgan fingerprint density at radius 3 is 2.62 bits per heavy atom. The Hall–Kier alpha value is -2.74. The number of hydrogen-bond acceptors (Lipinski definition) is 1. The summed E-state index contributed by atoms with van der Waals surface area (Å²) in [6.07, 6.45) is 8.70. The highest BCUT2D eigenvalue weighted by Crippen LogP contribution is 2.31. The molecule has 1 heterocycles. The van der Waals surface area contributed by atoms with E-state index in [1.54, 1.807) is 12.3 Å². The van der Waals surface area contributed by atoms with Gasteiger partial charge < -0.3 is 9.30 Å². The molecule has 0 amide bonds. The molecule has 2 heteroatoms. The number of hydrogen-bond donors (Lipinski definition) is 0. The highest BCUT2D eigenvalue weighted by atomic mass is 16.5. The second-order valence-electron chi connectivity index (χ2n) is 6.53. The summed E-state index contributed by atoms with van der Waals surface area (Å²) >= 11 is 0. The van der Waals surface area contributed by atoms with E-state index in [4.69, 9.17) is 4.74 Å². The predicted molar refractivity (Wildman–Crippen MR) is 110 cm³/mol. The molecular formula is C24H27NO. The molecule has 0 radical (unpaired) electrons. The van der Waals surface area contributed by atoms with Gasteiger partial charge in [0, 0.05) is 17.4 Å². The largest absolute Gasteiger partial charge is 0.492 e. The Morgan fingerprint density at radius 2 is 1.85 bits per heavy atom. The lowest BCUT2D eigenvalue weighted by Crippen LogP contribution is -2.10. The minimum Gasteiger partial charge on any atom is -0.492 e. The van der Waals surface area contributed by atoms with Crippen molar-refractivity contribution < 1.29 is 4.74 Å². The maximum absolute atomic E-state index is 6.11. The van der Waals surface area contributed by atoms with Crippen molar-refractivity contribution in [3.63, 3.8) is 0 Å². The third-order valence-electron chi connectivity index (χ3n) is 4.63. The highest BCUT2D eigenvalue weighted by Gasteiger charge is 2.19. The molecule has 1 atom stereocenters. The molecule has 1 aromatic heterocycles. The Labute approximate surface area is 156 Å². The first-order chi connectivity index (χ1) is 12.8. The molecule has 0 saturated heterocycles. The zero-order valence-electron chi connectivity index (χ0n) is 15.5. The monoisotopic (exact) mass is 345 g/mol. The van der Waals surface area contributed by atoms with Crippen molar-refractivity contribution in [3.05, 3.63) is 96.9 Å². The molecule has 2 nitrogen and oxygen atoms in total. The van der Waals surface area contributed by atoms with Gasteiger partial charge >= 0.3 is 0 Å². The van der Waals surface area contributed by atoms with Crippen molar-refractivity contribution in [2.24, 2.45) is 0 Å². The van der Waals surface area contributed by atoms with Gasteiger partial charge in [-0.1, -0.05) is 74.5 Å². The summed E-state index contributed by atoms with van der Waals surface area (Å²) in [5.41, 5.74) is 3.78. The molecule has 0 N–H and O–H groups in total. The van der Waals surface area contributed by atoms with E-state index in [2.05, 4.69) is 78.7 Å². The van der Waals surface area contributed by atoms with Gasteiger partial charge in [-0.2, -0.15) is 0 Å². The zero-order chi connectivity index (χ0) is 18.2. The molecule has 0 aliphatic rings. The number of ether oxygens (including phenoxy) is 1. The molecule has 26 heavy (non-hydrogen) atoms. The number of allylic oxidation sites excluding steroid dienone is 2. The normalized spacial score (nSPS) is 12.5. The number of benzene rings is 2. The fourth-order valence-corrected chi connectivity index (χ4v) is 3.31. The van der Waals surface area contributed by atoms with E-state index < -0.39 is 0 Å². The maximum Gasteiger partial charge on any atom is 0.138 e. The van der Waals surface area contributed by atoms with Crippen LogP contribution in [0.25, 0.3) is 10.9 Å². The molecule has 0 spiro atoms. The lowest BCUT2D eigenvalue weighted by Gasteiger charge is -2.20. The van der Waals surface area contributed by atoms with Crippen molar-refractivity contribution in [1.82, 2.24) is 4.57 Å². The molecule has 3 rings (SSSR count). The van der Waals surface area contributed by atoms with Crippen molar-refractivity contribution in [1.29, 1.82) is 0 Å². The minimum atomic E-state index is 0.0438. The van der Waals surface area contributed by atoms with Crippen LogP contribution in [-0.4, -0.2) is 4.57 Å². The summed E-state index contributed by atoms with van der Waals surface area (Å²) in [5, 5.41) is 1.26. The number of unbranched alkanes of at least 4 members (excludes halogenated alkanes) is 1. The van der Waals surface area contributed by atoms with E-state index in [-0.39, 0.29) is 6.10 Å². The molecule has 3 aromatic rings. The SMILES string of the molecule is C=CC=COC(CCCC)c1cc2ccccc2n1Cc1ccccc1. The van der Waals surface area contributed by atoms with Crippen LogP contribution >= 0.6 is 0 Å². The van der Waals surface area contributed by atoms with E-state index in [0.717, 1.165) is 25.8 Å². The molecule has 0 bridgehead atoms. The van der Waals surface area contributed by atoms with Gasteiger partial charge in [-0.05, 0) is 36.6 Å². The van der Waals surface area contributed by atoms with Crippen molar-refractivity contribution >= 4 is 10.9 Å². The first kappa shape index (κ1) is 18.1. The Kier molecular flexibility index (Phi) is 6.32. The van der Waals surface area contributed by atoms with E-state index in [0.29, 0.717) is 0 Å². The van der Waals surface area contributed by atoms with Crippen LogP contribution in [0.2, 0.25) is 0 Å². The molecule has 0 fully saturated rings. The van der Waals surface area contributed by atoms with E-state index in [1.807, 2.05) is 6.08 Å². The number of para-hydroxylation sites is 1. The molecular weight excluding hydrogens is 318 g/mol. The standard InChI is InChI=1S/C24H27NO/c1-3-5-16-24(26-17-6-4-2)23-18-21-14-10-11-15-22(21)25(23)19-20-12-8-7-9-13-20/h4,6-15,17-18,24H,2-3,5,16,19H2,1H3. The summed E-state index contributed by atoms with van der Waals surface area (Å²) in [6, 6.07) is 21.5. The molecule has 134 valence electrons. The van der Waals surface area contributed by atoms with Gasteiger partial charge in [0.25, 0.3) is 0 Å². The quantitative estimate of drug-likeness (QED) is 0.313. The van der Waals surface area contributed by atoms with Gasteiger partial charge in [0.05, 0.1) is 12.0 Å². The first-order valence-electron chi connectivity index (χ1n) is 9.38. The summed E-state index contributed by atoms with van der Waals surface area (Å²) in [7, 11) is 0. The third kappa shape index (κ3) is 4.26. The highest BCUT2D eigenvalue weighted by molar-refractivity contribution is 5.81. The molecule has 2 aromatic carbocycles. The number of nitrogens with zero attached hydrogens (tertiary/aromatic N) is 1. The Bertz CT molecular complexity index is 860. The third-order valence-corrected chi connectivity index (χ3v) is 4.63. The topological polar surface area (TPSA) is 14.2 Å². The molecule has 0 aliphatic heterocycles. The van der Waals surface area contributed by atoms with Gasteiger partial charge in [0.1, 0.15) is 6.10 Å².